The molecule has 0 saturated heterocycles. The molecule has 108 valence electrons. The Morgan fingerprint density at radius 1 is 1.45 bits per heavy atom. The molecule has 0 spiro atoms. The van der Waals surface area contributed by atoms with Crippen molar-refractivity contribution in [3.8, 4) is 0 Å². The van der Waals surface area contributed by atoms with Crippen LogP contribution in [0, 0.1) is 24.7 Å². The highest BCUT2D eigenvalue weighted by molar-refractivity contribution is 5.82. The van der Waals surface area contributed by atoms with E-state index in [1.54, 1.807) is 0 Å². The molecule has 1 aromatic rings. The molecule has 1 saturated carbocycles. The molecule has 0 heterocycles. The smallest absolute Gasteiger partial charge is 0.308 e. The number of carbonyl (C=O) groups excluding carboxylic acids is 1. The molecule has 0 aromatic heterocycles. The number of carbonyl (C=O) groups is 2. The van der Waals surface area contributed by atoms with Crippen molar-refractivity contribution in [2.24, 2.45) is 17.8 Å². The maximum atomic E-state index is 11.7. The molecule has 2 N–H and O–H groups in total. The quantitative estimate of drug-likeness (QED) is 0.834. The van der Waals surface area contributed by atoms with Crippen LogP contribution in [0.5, 0.6) is 0 Å². The normalized spacial score (nSPS) is 22.1. The molecule has 0 aliphatic heterocycles. The summed E-state index contributed by atoms with van der Waals surface area (Å²) in [5.74, 6) is -0.920. The van der Waals surface area contributed by atoms with Crippen molar-refractivity contribution < 1.29 is 14.7 Å². The van der Waals surface area contributed by atoms with E-state index in [0.717, 1.165) is 17.5 Å². The zero-order valence-electron chi connectivity index (χ0n) is 11.9. The number of amides is 1. The van der Waals surface area contributed by atoms with Gasteiger partial charge in [-0.25, -0.2) is 0 Å². The van der Waals surface area contributed by atoms with E-state index < -0.39 is 11.9 Å². The lowest BCUT2D eigenvalue weighted by Gasteiger charge is -2.14. The lowest BCUT2D eigenvalue weighted by Crippen LogP contribution is -2.35. The predicted octanol–water partition coefficient (Wildman–Crippen LogP) is 2.01. The molecule has 1 amide bonds. The van der Waals surface area contributed by atoms with Crippen molar-refractivity contribution in [2.75, 3.05) is 6.54 Å². The largest absolute Gasteiger partial charge is 0.481 e. The van der Waals surface area contributed by atoms with Crippen LogP contribution >= 0.6 is 0 Å². The first-order valence-electron chi connectivity index (χ1n) is 7.03. The maximum absolute atomic E-state index is 11.7. The van der Waals surface area contributed by atoms with Crippen LogP contribution in [0.1, 0.15) is 24.5 Å². The van der Waals surface area contributed by atoms with Gasteiger partial charge in [0.15, 0.2) is 0 Å². The molecule has 4 heteroatoms. The monoisotopic (exact) mass is 275 g/mol. The SMILES string of the molecule is Cc1cccc(C[C@H](CNC(=O)[C@@H]2C[C@@H]2C)C(=O)O)c1. The summed E-state index contributed by atoms with van der Waals surface area (Å²) < 4.78 is 0. The highest BCUT2D eigenvalue weighted by atomic mass is 16.4. The summed E-state index contributed by atoms with van der Waals surface area (Å²) in [6.45, 7) is 4.21. The lowest BCUT2D eigenvalue weighted by atomic mass is 9.98. The van der Waals surface area contributed by atoms with Gasteiger partial charge < -0.3 is 10.4 Å². The van der Waals surface area contributed by atoms with Gasteiger partial charge in [0, 0.05) is 12.5 Å². The number of hydrogen-bond acceptors (Lipinski definition) is 2. The Morgan fingerprint density at radius 3 is 2.70 bits per heavy atom. The number of hydrogen-bond donors (Lipinski definition) is 2. The third kappa shape index (κ3) is 3.83. The third-order valence-electron chi connectivity index (χ3n) is 3.88. The zero-order chi connectivity index (χ0) is 14.7. The Hall–Kier alpha value is -1.84. The first-order valence-corrected chi connectivity index (χ1v) is 7.03. The van der Waals surface area contributed by atoms with Crippen molar-refractivity contribution in [3.63, 3.8) is 0 Å². The average molecular weight is 275 g/mol. The van der Waals surface area contributed by atoms with Crippen molar-refractivity contribution >= 4 is 11.9 Å². The number of rotatable bonds is 6. The van der Waals surface area contributed by atoms with Gasteiger partial charge >= 0.3 is 5.97 Å². The van der Waals surface area contributed by atoms with E-state index in [-0.39, 0.29) is 18.4 Å². The van der Waals surface area contributed by atoms with Crippen LogP contribution in [0.3, 0.4) is 0 Å². The predicted molar refractivity (Wildman–Crippen MR) is 76.3 cm³/mol. The minimum atomic E-state index is -0.865. The van der Waals surface area contributed by atoms with E-state index >= 15 is 0 Å². The molecule has 1 fully saturated rings. The summed E-state index contributed by atoms with van der Waals surface area (Å²) in [6.07, 6.45) is 1.36. The summed E-state index contributed by atoms with van der Waals surface area (Å²) in [5, 5.41) is 12.0. The Bertz CT molecular complexity index is 512. The van der Waals surface area contributed by atoms with Gasteiger partial charge in [-0.1, -0.05) is 36.8 Å². The second-order valence-electron chi connectivity index (χ2n) is 5.79. The lowest BCUT2D eigenvalue weighted by molar-refractivity contribution is -0.141. The van der Waals surface area contributed by atoms with Crippen LogP contribution in [0.15, 0.2) is 24.3 Å². The van der Waals surface area contributed by atoms with E-state index in [9.17, 15) is 14.7 Å². The molecule has 1 aliphatic rings. The molecule has 0 unspecified atom stereocenters. The van der Waals surface area contributed by atoms with E-state index in [0.29, 0.717) is 12.3 Å². The fourth-order valence-corrected chi connectivity index (χ4v) is 2.41. The standard InChI is InChI=1S/C16H21NO3/c1-10-4-3-5-12(6-10)8-13(16(19)20)9-17-15(18)14-7-11(14)2/h3-6,11,13-14H,7-9H2,1-2H3,(H,17,18)(H,19,20)/t11-,13+,14+/m0/s1. The topological polar surface area (TPSA) is 66.4 Å². The first-order chi connectivity index (χ1) is 9.47. The van der Waals surface area contributed by atoms with Crippen LogP contribution in [-0.2, 0) is 16.0 Å². The zero-order valence-corrected chi connectivity index (χ0v) is 11.9. The van der Waals surface area contributed by atoms with E-state index in [1.165, 1.54) is 0 Å². The van der Waals surface area contributed by atoms with Gasteiger partial charge in [0.05, 0.1) is 5.92 Å². The average Bonchev–Trinajstić information content (AvgIpc) is 3.11. The molecule has 0 bridgehead atoms. The fraction of sp³-hybridized carbons (Fsp3) is 0.500. The van der Waals surface area contributed by atoms with E-state index in [1.807, 2.05) is 38.1 Å². The number of nitrogens with one attached hydrogen (secondary N) is 1. The highest BCUT2D eigenvalue weighted by Crippen LogP contribution is 2.37. The molecular weight excluding hydrogens is 254 g/mol. The fourth-order valence-electron chi connectivity index (χ4n) is 2.41. The Kier molecular flexibility index (Phi) is 4.42. The number of benzene rings is 1. The molecule has 1 aromatic carbocycles. The van der Waals surface area contributed by atoms with Crippen molar-refractivity contribution in [3.05, 3.63) is 35.4 Å². The van der Waals surface area contributed by atoms with Gasteiger partial charge in [0.1, 0.15) is 0 Å². The Morgan fingerprint density at radius 2 is 2.15 bits per heavy atom. The number of carboxylic acids is 1. The first kappa shape index (κ1) is 14.6. The minimum Gasteiger partial charge on any atom is -0.481 e. The number of aliphatic carboxylic acids is 1. The molecular formula is C16H21NO3. The molecule has 20 heavy (non-hydrogen) atoms. The van der Waals surface area contributed by atoms with Crippen LogP contribution in [0.4, 0.5) is 0 Å². The number of aryl methyl sites for hydroxylation is 1. The van der Waals surface area contributed by atoms with E-state index in [4.69, 9.17) is 0 Å². The minimum absolute atomic E-state index is 0.00649. The molecule has 0 radical (unpaired) electrons. The Balaban J connectivity index is 1.90. The van der Waals surface area contributed by atoms with Gasteiger partial charge in [0.2, 0.25) is 5.91 Å². The van der Waals surface area contributed by atoms with Crippen LogP contribution in [0.25, 0.3) is 0 Å². The van der Waals surface area contributed by atoms with Gasteiger partial charge in [-0.3, -0.25) is 9.59 Å². The van der Waals surface area contributed by atoms with Gasteiger partial charge in [-0.15, -0.1) is 0 Å². The van der Waals surface area contributed by atoms with Crippen molar-refractivity contribution in [1.29, 1.82) is 0 Å². The second kappa shape index (κ2) is 6.07. The summed E-state index contributed by atoms with van der Waals surface area (Å²) in [5.41, 5.74) is 2.11. The molecule has 2 rings (SSSR count). The summed E-state index contributed by atoms with van der Waals surface area (Å²) in [7, 11) is 0. The van der Waals surface area contributed by atoms with Crippen molar-refractivity contribution in [2.45, 2.75) is 26.7 Å². The summed E-state index contributed by atoms with van der Waals surface area (Å²) in [4.78, 5) is 23.0. The van der Waals surface area contributed by atoms with Crippen molar-refractivity contribution in [1.82, 2.24) is 5.32 Å². The van der Waals surface area contributed by atoms with Gasteiger partial charge in [-0.2, -0.15) is 0 Å². The maximum Gasteiger partial charge on any atom is 0.308 e. The highest BCUT2D eigenvalue weighted by Gasteiger charge is 2.39. The van der Waals surface area contributed by atoms with Crippen LogP contribution in [-0.4, -0.2) is 23.5 Å². The van der Waals surface area contributed by atoms with Crippen LogP contribution < -0.4 is 5.32 Å². The summed E-state index contributed by atoms with van der Waals surface area (Å²) in [6, 6.07) is 7.82. The van der Waals surface area contributed by atoms with E-state index in [2.05, 4.69) is 5.32 Å². The molecule has 4 nitrogen and oxygen atoms in total. The van der Waals surface area contributed by atoms with Gasteiger partial charge in [-0.05, 0) is 31.2 Å². The molecule has 1 aliphatic carbocycles. The second-order valence-corrected chi connectivity index (χ2v) is 5.79. The van der Waals surface area contributed by atoms with Gasteiger partial charge in [0.25, 0.3) is 0 Å². The number of carboxylic acid groups (broad SMARTS) is 1. The third-order valence-corrected chi connectivity index (χ3v) is 3.88. The molecule has 3 atom stereocenters. The van der Waals surface area contributed by atoms with Crippen LogP contribution in [0.2, 0.25) is 0 Å². The summed E-state index contributed by atoms with van der Waals surface area (Å²) >= 11 is 0. The Labute approximate surface area is 119 Å².